The maximum atomic E-state index is 2.31. The van der Waals surface area contributed by atoms with Crippen LogP contribution in [0.25, 0.3) is 0 Å². The van der Waals surface area contributed by atoms with Gasteiger partial charge >= 0.3 is 0 Å². The van der Waals surface area contributed by atoms with Crippen molar-refractivity contribution < 1.29 is 0 Å². The summed E-state index contributed by atoms with van der Waals surface area (Å²) in [4.78, 5) is 0. The highest BCUT2D eigenvalue weighted by atomic mass is 14.1. The summed E-state index contributed by atoms with van der Waals surface area (Å²) in [5.74, 6) is 2.34. The molecular formula is C11H22. The van der Waals surface area contributed by atoms with Crippen LogP contribution in [0.4, 0.5) is 0 Å². The van der Waals surface area contributed by atoms with Crippen molar-refractivity contribution in [2.45, 2.75) is 41.0 Å². The summed E-state index contributed by atoms with van der Waals surface area (Å²) in [6, 6.07) is 0. The molecule has 0 aliphatic rings. The Morgan fingerprint density at radius 3 is 1.91 bits per heavy atom. The first kappa shape index (κ1) is 10.7. The molecule has 0 rings (SSSR count). The highest BCUT2D eigenvalue weighted by Gasteiger charge is 2.03. The molecule has 0 N–H and O–H groups in total. The van der Waals surface area contributed by atoms with Gasteiger partial charge in [0.05, 0.1) is 0 Å². The van der Waals surface area contributed by atoms with Crippen LogP contribution in [0.15, 0.2) is 12.2 Å². The minimum Gasteiger partial charge on any atom is -0.0880 e. The lowest BCUT2D eigenvalue weighted by Gasteiger charge is -2.12. The molecule has 0 spiro atoms. The van der Waals surface area contributed by atoms with E-state index in [1.54, 1.807) is 0 Å². The summed E-state index contributed by atoms with van der Waals surface area (Å²) >= 11 is 0. The zero-order chi connectivity index (χ0) is 8.85. The smallest absolute Gasteiger partial charge is 0.0290 e. The summed E-state index contributed by atoms with van der Waals surface area (Å²) in [5, 5.41) is 0. The molecule has 66 valence electrons. The summed E-state index contributed by atoms with van der Waals surface area (Å²) in [6.07, 6.45) is 5.84. The molecule has 0 aliphatic heterocycles. The Hall–Kier alpha value is -0.260. The number of hydrogen-bond donors (Lipinski definition) is 0. The van der Waals surface area contributed by atoms with Crippen LogP contribution in [0.5, 0.6) is 0 Å². The second kappa shape index (κ2) is 5.40. The average molecular weight is 154 g/mol. The van der Waals surface area contributed by atoms with Crippen LogP contribution < -0.4 is 0 Å². The van der Waals surface area contributed by atoms with E-state index in [1.165, 1.54) is 6.42 Å². The standard InChI is InChI=1S/C11H22/c1-9(2)7-6-8-11(5)10(3)4/h6-7,9-11H,8H2,1-5H3/b7-6+. The van der Waals surface area contributed by atoms with Gasteiger partial charge in [-0.3, -0.25) is 0 Å². The fourth-order valence-electron chi connectivity index (χ4n) is 0.838. The van der Waals surface area contributed by atoms with Gasteiger partial charge in [-0.25, -0.2) is 0 Å². The van der Waals surface area contributed by atoms with Crippen LogP contribution in [-0.2, 0) is 0 Å². The van der Waals surface area contributed by atoms with Crippen molar-refractivity contribution in [2.75, 3.05) is 0 Å². The van der Waals surface area contributed by atoms with Crippen LogP contribution in [0.2, 0.25) is 0 Å². The van der Waals surface area contributed by atoms with E-state index in [1.807, 2.05) is 0 Å². The fourth-order valence-corrected chi connectivity index (χ4v) is 0.838. The van der Waals surface area contributed by atoms with E-state index < -0.39 is 0 Å². The lowest BCUT2D eigenvalue weighted by Crippen LogP contribution is -2.01. The minimum absolute atomic E-state index is 0.703. The highest BCUT2D eigenvalue weighted by Crippen LogP contribution is 2.14. The van der Waals surface area contributed by atoms with Crippen LogP contribution in [0.1, 0.15) is 41.0 Å². The minimum atomic E-state index is 0.703. The molecule has 0 aromatic heterocycles. The lowest BCUT2D eigenvalue weighted by molar-refractivity contribution is 0.423. The Bertz CT molecular complexity index is 109. The number of hydrogen-bond acceptors (Lipinski definition) is 0. The molecule has 0 heterocycles. The Morgan fingerprint density at radius 2 is 1.55 bits per heavy atom. The predicted octanol–water partition coefficient (Wildman–Crippen LogP) is 3.88. The Morgan fingerprint density at radius 1 is 1.00 bits per heavy atom. The summed E-state index contributed by atoms with van der Waals surface area (Å²) < 4.78 is 0. The van der Waals surface area contributed by atoms with E-state index in [0.717, 1.165) is 11.8 Å². The molecular weight excluding hydrogens is 132 g/mol. The van der Waals surface area contributed by atoms with Crippen LogP contribution in [-0.4, -0.2) is 0 Å². The molecule has 0 amide bonds. The largest absolute Gasteiger partial charge is 0.0880 e. The van der Waals surface area contributed by atoms with Gasteiger partial charge in [0.15, 0.2) is 0 Å². The van der Waals surface area contributed by atoms with Crippen molar-refractivity contribution >= 4 is 0 Å². The monoisotopic (exact) mass is 154 g/mol. The molecule has 0 fully saturated rings. The highest BCUT2D eigenvalue weighted by molar-refractivity contribution is 4.86. The molecule has 0 radical (unpaired) electrons. The SMILES string of the molecule is CC(C)/C=C/CC(C)C(C)C. The third-order valence-corrected chi connectivity index (χ3v) is 2.17. The molecule has 1 atom stereocenters. The summed E-state index contributed by atoms with van der Waals surface area (Å²) in [5.41, 5.74) is 0. The van der Waals surface area contributed by atoms with E-state index in [2.05, 4.69) is 46.8 Å². The van der Waals surface area contributed by atoms with Crippen molar-refractivity contribution in [3.05, 3.63) is 12.2 Å². The van der Waals surface area contributed by atoms with Crippen LogP contribution >= 0.6 is 0 Å². The van der Waals surface area contributed by atoms with Gasteiger partial charge in [0.1, 0.15) is 0 Å². The maximum Gasteiger partial charge on any atom is -0.0290 e. The van der Waals surface area contributed by atoms with Crippen molar-refractivity contribution in [3.63, 3.8) is 0 Å². The third kappa shape index (κ3) is 6.15. The lowest BCUT2D eigenvalue weighted by atomic mass is 9.94. The molecule has 0 bridgehead atoms. The normalized spacial score (nSPS) is 15.2. The molecule has 0 saturated heterocycles. The Balaban J connectivity index is 3.53. The Kier molecular flexibility index (Phi) is 5.27. The fraction of sp³-hybridized carbons (Fsp3) is 0.818. The number of allylic oxidation sites excluding steroid dienone is 2. The van der Waals surface area contributed by atoms with Crippen molar-refractivity contribution in [1.29, 1.82) is 0 Å². The molecule has 11 heavy (non-hydrogen) atoms. The predicted molar refractivity (Wildman–Crippen MR) is 52.6 cm³/mol. The first-order valence-corrected chi connectivity index (χ1v) is 4.70. The molecule has 0 heteroatoms. The zero-order valence-electron chi connectivity index (χ0n) is 8.59. The Labute approximate surface area is 71.7 Å². The van der Waals surface area contributed by atoms with Crippen molar-refractivity contribution in [1.82, 2.24) is 0 Å². The molecule has 1 unspecified atom stereocenters. The van der Waals surface area contributed by atoms with E-state index in [4.69, 9.17) is 0 Å². The van der Waals surface area contributed by atoms with Gasteiger partial charge in [-0.1, -0.05) is 46.8 Å². The van der Waals surface area contributed by atoms with Gasteiger partial charge in [-0.2, -0.15) is 0 Å². The zero-order valence-corrected chi connectivity index (χ0v) is 8.59. The van der Waals surface area contributed by atoms with Crippen molar-refractivity contribution in [3.8, 4) is 0 Å². The van der Waals surface area contributed by atoms with Gasteiger partial charge in [-0.15, -0.1) is 0 Å². The molecule has 0 saturated carbocycles. The maximum absolute atomic E-state index is 2.31. The van der Waals surface area contributed by atoms with Crippen LogP contribution in [0.3, 0.4) is 0 Å². The number of rotatable bonds is 4. The van der Waals surface area contributed by atoms with Crippen LogP contribution in [0, 0.1) is 17.8 Å². The van der Waals surface area contributed by atoms with Crippen molar-refractivity contribution in [2.24, 2.45) is 17.8 Å². The van der Waals surface area contributed by atoms with Gasteiger partial charge in [0.25, 0.3) is 0 Å². The second-order valence-electron chi connectivity index (χ2n) is 4.13. The third-order valence-electron chi connectivity index (χ3n) is 2.17. The van der Waals surface area contributed by atoms with Gasteiger partial charge < -0.3 is 0 Å². The van der Waals surface area contributed by atoms with Gasteiger partial charge in [-0.05, 0) is 24.2 Å². The molecule has 0 nitrogen and oxygen atoms in total. The molecule has 0 aromatic rings. The van der Waals surface area contributed by atoms with Gasteiger partial charge in [0.2, 0.25) is 0 Å². The quantitative estimate of drug-likeness (QED) is 0.539. The summed E-state index contributed by atoms with van der Waals surface area (Å²) in [7, 11) is 0. The first-order valence-electron chi connectivity index (χ1n) is 4.70. The van der Waals surface area contributed by atoms with E-state index in [-0.39, 0.29) is 0 Å². The topological polar surface area (TPSA) is 0 Å². The molecule has 0 aliphatic carbocycles. The average Bonchev–Trinajstić information content (AvgIpc) is 1.86. The molecule has 0 aromatic carbocycles. The summed E-state index contributed by atoms with van der Waals surface area (Å²) in [6.45, 7) is 11.3. The van der Waals surface area contributed by atoms with E-state index >= 15 is 0 Å². The first-order chi connectivity index (χ1) is 5.04. The van der Waals surface area contributed by atoms with E-state index in [9.17, 15) is 0 Å². The second-order valence-corrected chi connectivity index (χ2v) is 4.13. The van der Waals surface area contributed by atoms with E-state index in [0.29, 0.717) is 5.92 Å². The van der Waals surface area contributed by atoms with Gasteiger partial charge in [0, 0.05) is 0 Å².